The summed E-state index contributed by atoms with van der Waals surface area (Å²) in [4.78, 5) is 1.89. The molecule has 1 rings (SSSR count). The van der Waals surface area contributed by atoms with Crippen LogP contribution in [0.1, 0.15) is 18.0 Å². The smallest absolute Gasteiger partial charge is 0.163 e. The van der Waals surface area contributed by atoms with Crippen molar-refractivity contribution in [1.82, 2.24) is 4.90 Å². The maximum absolute atomic E-state index is 13.4. The number of rotatable bonds is 6. The van der Waals surface area contributed by atoms with E-state index in [0.717, 1.165) is 6.07 Å². The van der Waals surface area contributed by atoms with Crippen molar-refractivity contribution < 1.29 is 13.9 Å². The monoisotopic (exact) mass is 244 g/mol. The first-order chi connectivity index (χ1) is 8.06. The van der Waals surface area contributed by atoms with E-state index in [2.05, 4.69) is 0 Å². The minimum Gasteiger partial charge on any atom is -0.395 e. The summed E-state index contributed by atoms with van der Waals surface area (Å²) in [6.07, 6.45) is 0.511. The van der Waals surface area contributed by atoms with E-state index >= 15 is 0 Å². The van der Waals surface area contributed by atoms with Crippen LogP contribution in [0.4, 0.5) is 8.78 Å². The first kappa shape index (κ1) is 14.0. The molecule has 0 saturated heterocycles. The van der Waals surface area contributed by atoms with E-state index in [1.54, 1.807) is 0 Å². The molecule has 0 bridgehead atoms. The molecule has 0 aromatic heterocycles. The van der Waals surface area contributed by atoms with Crippen LogP contribution in [0.15, 0.2) is 18.2 Å². The van der Waals surface area contributed by atoms with Gasteiger partial charge < -0.3 is 15.7 Å². The van der Waals surface area contributed by atoms with Crippen molar-refractivity contribution in [2.45, 2.75) is 12.5 Å². The van der Waals surface area contributed by atoms with E-state index in [9.17, 15) is 8.78 Å². The molecule has 0 heterocycles. The van der Waals surface area contributed by atoms with Crippen LogP contribution in [-0.4, -0.2) is 36.8 Å². The van der Waals surface area contributed by atoms with Gasteiger partial charge >= 0.3 is 0 Å². The number of likely N-dealkylation sites (N-methyl/N-ethyl adjacent to an activating group) is 1. The number of aliphatic hydroxyl groups is 1. The van der Waals surface area contributed by atoms with Crippen molar-refractivity contribution >= 4 is 0 Å². The fraction of sp³-hybridized carbons (Fsp3) is 0.500. The van der Waals surface area contributed by atoms with E-state index < -0.39 is 17.7 Å². The summed E-state index contributed by atoms with van der Waals surface area (Å²) in [7, 11) is 1.84. The van der Waals surface area contributed by atoms with Crippen LogP contribution in [0, 0.1) is 11.6 Å². The predicted molar refractivity (Wildman–Crippen MR) is 62.5 cm³/mol. The van der Waals surface area contributed by atoms with E-state index in [1.165, 1.54) is 12.1 Å². The molecule has 3 nitrogen and oxygen atoms in total. The molecule has 1 aromatic carbocycles. The second kappa shape index (κ2) is 6.64. The molecular formula is C12H18F2N2O. The highest BCUT2D eigenvalue weighted by Crippen LogP contribution is 2.19. The Balaban J connectivity index is 2.58. The molecule has 3 N–H and O–H groups in total. The van der Waals surface area contributed by atoms with Gasteiger partial charge in [0, 0.05) is 18.2 Å². The van der Waals surface area contributed by atoms with Gasteiger partial charge in [-0.15, -0.1) is 0 Å². The van der Waals surface area contributed by atoms with Crippen LogP contribution in [0.5, 0.6) is 0 Å². The number of benzene rings is 1. The zero-order valence-electron chi connectivity index (χ0n) is 9.87. The SMILES string of the molecule is CN(CCO)CCC(N)c1cccc(F)c1F. The Morgan fingerprint density at radius 3 is 2.71 bits per heavy atom. The Morgan fingerprint density at radius 1 is 1.35 bits per heavy atom. The van der Waals surface area contributed by atoms with Gasteiger partial charge in [-0.25, -0.2) is 8.78 Å². The molecule has 5 heteroatoms. The zero-order valence-corrected chi connectivity index (χ0v) is 9.87. The molecule has 17 heavy (non-hydrogen) atoms. The quantitative estimate of drug-likeness (QED) is 0.792. The largest absolute Gasteiger partial charge is 0.395 e. The molecule has 0 spiro atoms. The van der Waals surface area contributed by atoms with Gasteiger partial charge in [-0.1, -0.05) is 12.1 Å². The van der Waals surface area contributed by atoms with Gasteiger partial charge in [-0.05, 0) is 26.1 Å². The molecule has 0 aliphatic carbocycles. The number of nitrogens with two attached hydrogens (primary N) is 1. The van der Waals surface area contributed by atoms with Gasteiger partial charge in [0.2, 0.25) is 0 Å². The lowest BCUT2D eigenvalue weighted by molar-refractivity contribution is 0.217. The van der Waals surface area contributed by atoms with Crippen molar-refractivity contribution in [1.29, 1.82) is 0 Å². The van der Waals surface area contributed by atoms with Crippen molar-refractivity contribution in [3.8, 4) is 0 Å². The van der Waals surface area contributed by atoms with Gasteiger partial charge in [0.05, 0.1) is 6.61 Å². The highest BCUT2D eigenvalue weighted by atomic mass is 19.2. The fourth-order valence-electron chi connectivity index (χ4n) is 1.60. The van der Waals surface area contributed by atoms with Crippen LogP contribution in [0.25, 0.3) is 0 Å². The van der Waals surface area contributed by atoms with E-state index in [0.29, 0.717) is 19.5 Å². The Bertz CT molecular complexity index is 360. The average molecular weight is 244 g/mol. The van der Waals surface area contributed by atoms with Gasteiger partial charge in [-0.3, -0.25) is 0 Å². The normalized spacial score (nSPS) is 13.1. The summed E-state index contributed by atoms with van der Waals surface area (Å²) in [6, 6.07) is 3.48. The molecule has 1 unspecified atom stereocenters. The maximum Gasteiger partial charge on any atom is 0.163 e. The molecule has 0 aliphatic heterocycles. The molecule has 96 valence electrons. The third-order valence-electron chi connectivity index (χ3n) is 2.68. The van der Waals surface area contributed by atoms with Crippen molar-refractivity contribution in [3.63, 3.8) is 0 Å². The van der Waals surface area contributed by atoms with Crippen LogP contribution in [0.3, 0.4) is 0 Å². The summed E-state index contributed by atoms with van der Waals surface area (Å²) >= 11 is 0. The Morgan fingerprint density at radius 2 is 2.06 bits per heavy atom. The summed E-state index contributed by atoms with van der Waals surface area (Å²) in [5.41, 5.74) is 6.01. The van der Waals surface area contributed by atoms with E-state index in [4.69, 9.17) is 10.8 Å². The third kappa shape index (κ3) is 4.03. The maximum atomic E-state index is 13.4. The van der Waals surface area contributed by atoms with Gasteiger partial charge in [0.15, 0.2) is 11.6 Å². The molecule has 0 radical (unpaired) electrons. The number of aliphatic hydroxyl groups excluding tert-OH is 1. The topological polar surface area (TPSA) is 49.5 Å². The third-order valence-corrected chi connectivity index (χ3v) is 2.68. The summed E-state index contributed by atoms with van der Waals surface area (Å²) in [5.74, 6) is -1.74. The lowest BCUT2D eigenvalue weighted by Gasteiger charge is -2.19. The molecule has 0 saturated carbocycles. The predicted octanol–water partition coefficient (Wildman–Crippen LogP) is 1.28. The number of hydrogen-bond acceptors (Lipinski definition) is 3. The van der Waals surface area contributed by atoms with E-state index in [1.807, 2.05) is 11.9 Å². The molecule has 0 fully saturated rings. The van der Waals surface area contributed by atoms with Crippen LogP contribution in [0.2, 0.25) is 0 Å². The van der Waals surface area contributed by atoms with Crippen molar-refractivity contribution in [3.05, 3.63) is 35.4 Å². The second-order valence-electron chi connectivity index (χ2n) is 4.07. The standard InChI is InChI=1S/C12H18F2N2O/c1-16(7-8-17)6-5-11(15)9-3-2-4-10(13)12(9)14/h2-4,11,17H,5-8,15H2,1H3. The molecular weight excluding hydrogens is 226 g/mol. The van der Waals surface area contributed by atoms with Crippen LogP contribution in [-0.2, 0) is 0 Å². The van der Waals surface area contributed by atoms with Gasteiger partial charge in [-0.2, -0.15) is 0 Å². The van der Waals surface area contributed by atoms with Crippen LogP contribution >= 0.6 is 0 Å². The zero-order chi connectivity index (χ0) is 12.8. The molecule has 1 aromatic rings. The summed E-state index contributed by atoms with van der Waals surface area (Å²) in [6.45, 7) is 1.23. The second-order valence-corrected chi connectivity index (χ2v) is 4.07. The molecule has 0 aliphatic rings. The Labute approximate surface area is 99.8 Å². The average Bonchev–Trinajstić information content (AvgIpc) is 2.30. The Hall–Kier alpha value is -1.04. The van der Waals surface area contributed by atoms with Gasteiger partial charge in [0.1, 0.15) is 0 Å². The summed E-state index contributed by atoms with van der Waals surface area (Å²) < 4.78 is 26.4. The minimum absolute atomic E-state index is 0.0695. The molecule has 1 atom stereocenters. The highest BCUT2D eigenvalue weighted by molar-refractivity contribution is 5.22. The summed E-state index contributed by atoms with van der Waals surface area (Å²) in [5, 5.41) is 8.72. The highest BCUT2D eigenvalue weighted by Gasteiger charge is 2.14. The number of halogens is 2. The number of hydrogen-bond donors (Lipinski definition) is 2. The van der Waals surface area contributed by atoms with Crippen molar-refractivity contribution in [2.24, 2.45) is 5.73 Å². The Kier molecular flexibility index (Phi) is 5.47. The minimum atomic E-state index is -0.873. The molecule has 0 amide bonds. The number of nitrogens with zero attached hydrogens (tertiary/aromatic N) is 1. The van der Waals surface area contributed by atoms with Crippen molar-refractivity contribution in [2.75, 3.05) is 26.7 Å². The lowest BCUT2D eigenvalue weighted by Crippen LogP contribution is -2.26. The first-order valence-corrected chi connectivity index (χ1v) is 5.55. The first-order valence-electron chi connectivity index (χ1n) is 5.55. The fourth-order valence-corrected chi connectivity index (χ4v) is 1.60. The van der Waals surface area contributed by atoms with E-state index in [-0.39, 0.29) is 12.2 Å². The lowest BCUT2D eigenvalue weighted by atomic mass is 10.0. The van der Waals surface area contributed by atoms with Crippen LogP contribution < -0.4 is 5.73 Å². The van der Waals surface area contributed by atoms with Gasteiger partial charge in [0.25, 0.3) is 0 Å².